The molecule has 0 unspecified atom stereocenters. The van der Waals surface area contributed by atoms with Gasteiger partial charge in [0.2, 0.25) is 21.8 Å². The van der Waals surface area contributed by atoms with Gasteiger partial charge in [-0.1, -0.05) is 117 Å². The molecule has 0 bridgehead atoms. The Morgan fingerprint density at radius 3 is 1.75 bits per heavy atom. The molecule has 4 amide bonds. The third-order valence-corrected chi connectivity index (χ3v) is 10.4. The molecule has 64 heavy (non-hydrogen) atoms. The number of aromatic nitrogens is 1. The van der Waals surface area contributed by atoms with Gasteiger partial charge >= 0.3 is 18.2 Å². The van der Waals surface area contributed by atoms with Gasteiger partial charge in [-0.3, -0.25) is 9.59 Å². The largest absolute Gasteiger partial charge is 0.482 e. The van der Waals surface area contributed by atoms with Crippen LogP contribution >= 0.6 is 0 Å². The second-order valence-electron chi connectivity index (χ2n) is 15.9. The summed E-state index contributed by atoms with van der Waals surface area (Å²) in [6.45, 7) is 11.4. The van der Waals surface area contributed by atoms with Crippen LogP contribution in [0.1, 0.15) is 51.3 Å². The molecule has 3 aromatic carbocycles. The number of hydrogen-bond donors (Lipinski definition) is 5. The van der Waals surface area contributed by atoms with Gasteiger partial charge in [-0.25, -0.2) is 32.5 Å². The van der Waals surface area contributed by atoms with Crippen LogP contribution in [0.5, 0.6) is 5.75 Å². The summed E-state index contributed by atoms with van der Waals surface area (Å²) in [6.07, 6.45) is -0.351. The minimum atomic E-state index is -4.28. The molecule has 5 N–H and O–H groups in total. The Morgan fingerprint density at radius 1 is 0.719 bits per heavy atom. The first-order chi connectivity index (χ1) is 30.4. The minimum Gasteiger partial charge on any atom is -0.482 e. The smallest absolute Gasteiger partial charge is 0.408 e. The highest BCUT2D eigenvalue weighted by atomic mass is 32.2. The molecule has 0 aliphatic carbocycles. The van der Waals surface area contributed by atoms with E-state index in [0.717, 1.165) is 5.56 Å². The predicted octanol–water partition coefficient (Wildman–Crippen LogP) is 5.68. The third-order valence-electron chi connectivity index (χ3n) is 8.95. The number of rotatable bonds is 22. The maximum atomic E-state index is 14.2. The van der Waals surface area contributed by atoms with Crippen molar-refractivity contribution in [3.63, 3.8) is 0 Å². The van der Waals surface area contributed by atoms with Gasteiger partial charge in [0.05, 0.1) is 5.75 Å². The summed E-state index contributed by atoms with van der Waals surface area (Å²) in [7, 11) is -4.28. The SMILES string of the molecule is C=CCOC(=O)N[C@@H](Cc1ccccc1)C(=O)Nc1cc(OCC(=O)OCc2ccccc2)cc(NC(=O)[C@H](Cc2ccccc2)NS(=O)(=O)C[C@@H](NC(=O)OC(C)(C)C)C(C)C)n1. The average molecular weight is 901 g/mol. The third kappa shape index (κ3) is 18.3. The fraction of sp³-hybridized carbons (Fsp3) is 0.348. The lowest BCUT2D eigenvalue weighted by molar-refractivity contribution is -0.147. The van der Waals surface area contributed by atoms with Crippen molar-refractivity contribution in [1.82, 2.24) is 20.3 Å². The van der Waals surface area contributed by atoms with Crippen LogP contribution in [-0.2, 0) is 58.1 Å². The van der Waals surface area contributed by atoms with Crippen molar-refractivity contribution in [2.45, 2.75) is 77.8 Å². The molecule has 18 heteroatoms. The number of esters is 1. The van der Waals surface area contributed by atoms with Gasteiger partial charge in [0.15, 0.2) is 6.61 Å². The molecule has 3 atom stereocenters. The molecule has 17 nitrogen and oxygen atoms in total. The van der Waals surface area contributed by atoms with E-state index in [1.54, 1.807) is 120 Å². The van der Waals surface area contributed by atoms with Crippen LogP contribution < -0.4 is 30.7 Å². The van der Waals surface area contributed by atoms with Gasteiger partial charge in [-0.15, -0.1) is 0 Å². The average Bonchev–Trinajstić information content (AvgIpc) is 3.23. The number of amides is 4. The number of ether oxygens (including phenoxy) is 4. The first kappa shape index (κ1) is 49.9. The predicted molar refractivity (Wildman–Crippen MR) is 241 cm³/mol. The summed E-state index contributed by atoms with van der Waals surface area (Å²) >= 11 is 0. The van der Waals surface area contributed by atoms with Crippen LogP contribution in [0.3, 0.4) is 0 Å². The van der Waals surface area contributed by atoms with Crippen molar-refractivity contribution in [3.05, 3.63) is 132 Å². The van der Waals surface area contributed by atoms with E-state index in [9.17, 15) is 32.4 Å². The van der Waals surface area contributed by atoms with Gasteiger partial charge in [0, 0.05) is 24.6 Å². The van der Waals surface area contributed by atoms with Crippen LogP contribution in [-0.4, -0.2) is 86.1 Å². The minimum absolute atomic E-state index is 0.0132. The number of nitrogens with one attached hydrogen (secondary N) is 5. The normalized spacial score (nSPS) is 12.7. The van der Waals surface area contributed by atoms with E-state index < -0.39 is 76.1 Å². The molecule has 342 valence electrons. The Labute approximate surface area is 373 Å². The quantitative estimate of drug-likeness (QED) is 0.0365. The molecule has 0 radical (unpaired) electrons. The van der Waals surface area contributed by atoms with Gasteiger partial charge in [-0.05, 0) is 49.8 Å². The molecule has 0 saturated heterocycles. The highest BCUT2D eigenvalue weighted by molar-refractivity contribution is 7.89. The Morgan fingerprint density at radius 2 is 1.23 bits per heavy atom. The van der Waals surface area contributed by atoms with E-state index in [4.69, 9.17) is 18.9 Å². The van der Waals surface area contributed by atoms with Crippen molar-refractivity contribution in [2.24, 2.45) is 5.92 Å². The molecule has 0 aliphatic heterocycles. The number of pyridine rings is 1. The molecule has 0 spiro atoms. The summed E-state index contributed by atoms with van der Waals surface area (Å²) in [5, 5.41) is 10.4. The fourth-order valence-corrected chi connectivity index (χ4v) is 7.50. The first-order valence-corrected chi connectivity index (χ1v) is 22.1. The second-order valence-corrected chi connectivity index (χ2v) is 17.7. The zero-order chi connectivity index (χ0) is 46.7. The van der Waals surface area contributed by atoms with Crippen LogP contribution in [0.25, 0.3) is 0 Å². The lowest BCUT2D eigenvalue weighted by atomic mass is 10.1. The van der Waals surface area contributed by atoms with Crippen molar-refractivity contribution in [3.8, 4) is 5.75 Å². The summed E-state index contributed by atoms with van der Waals surface area (Å²) in [5.41, 5.74) is 1.26. The Balaban J connectivity index is 1.63. The number of carbonyl (C=O) groups is 5. The van der Waals surface area contributed by atoms with E-state index in [0.29, 0.717) is 11.1 Å². The first-order valence-electron chi connectivity index (χ1n) is 20.5. The zero-order valence-corrected chi connectivity index (χ0v) is 37.3. The summed E-state index contributed by atoms with van der Waals surface area (Å²) in [4.78, 5) is 70.4. The van der Waals surface area contributed by atoms with Crippen molar-refractivity contribution in [1.29, 1.82) is 0 Å². The molecule has 1 aromatic heterocycles. The van der Waals surface area contributed by atoms with E-state index in [1.807, 2.05) is 6.07 Å². The number of carbonyl (C=O) groups excluding carboxylic acids is 5. The van der Waals surface area contributed by atoms with E-state index in [-0.39, 0.29) is 49.4 Å². The van der Waals surface area contributed by atoms with Gasteiger partial charge in [-0.2, -0.15) is 0 Å². The van der Waals surface area contributed by atoms with Crippen LogP contribution in [0.4, 0.5) is 21.2 Å². The number of benzene rings is 3. The summed E-state index contributed by atoms with van der Waals surface area (Å²) in [5.74, 6) is -3.62. The monoisotopic (exact) mass is 900 g/mol. The van der Waals surface area contributed by atoms with Crippen LogP contribution in [0.2, 0.25) is 0 Å². The lowest BCUT2D eigenvalue weighted by Crippen LogP contribution is -2.51. The maximum Gasteiger partial charge on any atom is 0.408 e. The molecule has 0 aliphatic rings. The summed E-state index contributed by atoms with van der Waals surface area (Å²) in [6, 6.07) is 25.7. The fourth-order valence-electron chi connectivity index (χ4n) is 5.84. The topological polar surface area (TPSA) is 229 Å². The van der Waals surface area contributed by atoms with Crippen molar-refractivity contribution in [2.75, 3.05) is 29.6 Å². The van der Waals surface area contributed by atoms with Gasteiger partial charge in [0.1, 0.15) is 48.3 Å². The Bertz CT molecular complexity index is 2290. The highest BCUT2D eigenvalue weighted by Gasteiger charge is 2.31. The summed E-state index contributed by atoms with van der Waals surface area (Å²) < 4.78 is 51.5. The zero-order valence-electron chi connectivity index (χ0n) is 36.5. The van der Waals surface area contributed by atoms with Gasteiger partial charge in [0.25, 0.3) is 0 Å². The molecular weight excluding hydrogens is 845 g/mol. The lowest BCUT2D eigenvalue weighted by Gasteiger charge is -2.26. The molecular formula is C46H56N6O11S. The van der Waals surface area contributed by atoms with Crippen LogP contribution in [0, 0.1) is 5.92 Å². The van der Waals surface area contributed by atoms with Crippen molar-refractivity contribution >= 4 is 51.6 Å². The number of hydrogen-bond acceptors (Lipinski definition) is 12. The Hall–Kier alpha value is -6.79. The van der Waals surface area contributed by atoms with E-state index in [2.05, 4.69) is 37.6 Å². The molecule has 0 fully saturated rings. The second kappa shape index (κ2) is 24.2. The Kier molecular flexibility index (Phi) is 18.8. The maximum absolute atomic E-state index is 14.2. The van der Waals surface area contributed by atoms with Crippen molar-refractivity contribution < 1.29 is 51.3 Å². The van der Waals surface area contributed by atoms with E-state index >= 15 is 0 Å². The molecule has 1 heterocycles. The van der Waals surface area contributed by atoms with Gasteiger partial charge < -0.3 is 40.2 Å². The number of alkyl carbamates (subject to hydrolysis) is 2. The standard InChI is InChI=1S/C46H56N6O11S/c1-7-23-60-44(56)47-36(24-32-17-11-8-12-18-32)42(54)50-39-26-35(61-29-41(53)62-28-34-21-15-10-16-22-34)27-40(49-39)51-43(55)37(25-33-19-13-9-14-20-33)52-64(58,59)30-38(31(2)3)48-45(57)63-46(4,5)6/h7-22,26-27,31,36-38,52H,1,23-25,28-30H2,2-6H3,(H,47,56)(H,48,57)(H2,49,50,51,54,55)/t36-,37-,38+/m0/s1. The highest BCUT2D eigenvalue weighted by Crippen LogP contribution is 2.23. The number of nitrogens with zero attached hydrogens (tertiary/aromatic N) is 1. The van der Waals surface area contributed by atoms with Crippen LogP contribution in [0.15, 0.2) is 116 Å². The number of sulfonamides is 1. The molecule has 4 aromatic rings. The number of anilines is 2. The molecule has 4 rings (SSSR count). The van der Waals surface area contributed by atoms with E-state index in [1.165, 1.54) is 18.2 Å². The molecule has 0 saturated carbocycles.